The first-order valence-electron chi connectivity index (χ1n) is 34.7. The van der Waals surface area contributed by atoms with Gasteiger partial charge in [0.05, 0.1) is 0 Å². The summed E-state index contributed by atoms with van der Waals surface area (Å²) < 4.78 is 0. The summed E-state index contributed by atoms with van der Waals surface area (Å²) in [6.07, 6.45) is 0. The first kappa shape index (κ1) is 62.6. The minimum absolute atomic E-state index is 0.225. The van der Waals surface area contributed by atoms with Gasteiger partial charge < -0.3 is 9.80 Å². The van der Waals surface area contributed by atoms with E-state index in [9.17, 15) is 0 Å². The standard InChI is InChI=1S/C94H85BN2/c1-90(2,3)72-56-87-89-88(57-72)97(74-53-55-76(65-38-22-13-23-39-65)80(59-74)92(6,7)69-46-30-17-31-47-69)86-63-82(94(10,11)71-50-34-19-35-51-71)78(67-42-26-15-27-43-67)61-84(86)95(89)83-60-77(66-40-24-14-25-41-66)81(93(8,9)70-48-32-18-33-49-70)62-85(83)96(87)73-52-54-75(64-36-20-12-21-37-64)79(58-73)91(4,5)68-44-28-16-29-45-68/h12-63H,1-11H3. The van der Waals surface area contributed by atoms with Gasteiger partial charge in [0.15, 0.2) is 0 Å². The van der Waals surface area contributed by atoms with Gasteiger partial charge in [-0.05, 0) is 165 Å². The van der Waals surface area contributed by atoms with Crippen LogP contribution in [0.1, 0.15) is 126 Å². The molecule has 2 nitrogen and oxygen atoms in total. The van der Waals surface area contributed by atoms with Crippen LogP contribution < -0.4 is 26.2 Å². The predicted octanol–water partition coefficient (Wildman–Crippen LogP) is 23.0. The highest BCUT2D eigenvalue weighted by molar-refractivity contribution is 7.00. The molecule has 0 unspecified atom stereocenters. The Balaban J connectivity index is 1.12. The molecule has 0 fully saturated rings. The Morgan fingerprint density at radius 2 is 0.485 bits per heavy atom. The summed E-state index contributed by atoms with van der Waals surface area (Å²) in [5.41, 5.74) is 29.9. The fraction of sp³-hybridized carbons (Fsp3) is 0.170. The molecular weight excluding hydrogens is 1170 g/mol. The molecule has 0 bridgehead atoms. The Labute approximate surface area is 576 Å². The molecule has 0 atom stereocenters. The molecule has 2 aliphatic heterocycles. The predicted molar refractivity (Wildman–Crippen MR) is 415 cm³/mol. The van der Waals surface area contributed by atoms with E-state index in [0.29, 0.717) is 0 Å². The van der Waals surface area contributed by atoms with Crippen molar-refractivity contribution in [2.24, 2.45) is 0 Å². The van der Waals surface area contributed by atoms with Crippen LogP contribution in [-0.4, -0.2) is 6.71 Å². The minimum atomic E-state index is -0.430. The van der Waals surface area contributed by atoms with E-state index in [2.05, 4.69) is 401 Å². The average molecular weight is 1250 g/mol. The van der Waals surface area contributed by atoms with Crippen molar-refractivity contribution >= 4 is 57.2 Å². The highest BCUT2D eigenvalue weighted by Gasteiger charge is 2.47. The van der Waals surface area contributed by atoms with Gasteiger partial charge in [0.2, 0.25) is 0 Å². The first-order valence-corrected chi connectivity index (χ1v) is 34.7. The fourth-order valence-corrected chi connectivity index (χ4v) is 16.0. The second-order valence-electron chi connectivity index (χ2n) is 30.1. The Bertz CT molecular complexity index is 4720. The van der Waals surface area contributed by atoms with Crippen LogP contribution in [0.5, 0.6) is 0 Å². The van der Waals surface area contributed by atoms with Gasteiger partial charge in [-0.25, -0.2) is 0 Å². The summed E-state index contributed by atoms with van der Waals surface area (Å²) in [5, 5.41) is 0. The van der Waals surface area contributed by atoms with E-state index >= 15 is 0 Å². The largest absolute Gasteiger partial charge is 0.311 e. The van der Waals surface area contributed by atoms with Crippen LogP contribution in [0.15, 0.2) is 315 Å². The molecule has 13 aromatic rings. The summed E-state index contributed by atoms with van der Waals surface area (Å²) in [6.45, 7) is 26.3. The van der Waals surface area contributed by atoms with Crippen LogP contribution in [0.4, 0.5) is 34.1 Å². The quantitative estimate of drug-likeness (QED) is 0.100. The normalized spacial score (nSPS) is 13.0. The SMILES string of the molecule is CC(C)(C)c1cc2c3c(c1)N(c1ccc(-c4ccccc4)c(C(C)(C)c4ccccc4)c1)c1cc(C(C)(C)c4ccccc4)c(-c4ccccc4)cc1B3c1cc(-c3ccccc3)c(C(C)(C)c3ccccc3)cc1N2c1ccc(-c2ccccc2)c(C(C)(C)c2ccccc2)c1. The van der Waals surface area contributed by atoms with Crippen LogP contribution in [0.2, 0.25) is 0 Å². The maximum absolute atomic E-state index is 2.69. The number of hydrogen-bond donors (Lipinski definition) is 0. The molecule has 3 heteroatoms. The molecule has 474 valence electrons. The van der Waals surface area contributed by atoms with E-state index in [1.54, 1.807) is 0 Å². The van der Waals surface area contributed by atoms with Gasteiger partial charge in [0, 0.05) is 55.8 Å². The Kier molecular flexibility index (Phi) is 15.7. The first-order chi connectivity index (χ1) is 46.8. The molecule has 0 saturated carbocycles. The monoisotopic (exact) mass is 1250 g/mol. The second kappa shape index (κ2) is 24.3. The molecule has 13 aromatic carbocycles. The molecular formula is C94H85BN2. The van der Waals surface area contributed by atoms with Gasteiger partial charge >= 0.3 is 0 Å². The molecule has 0 radical (unpaired) electrons. The molecule has 15 rings (SSSR count). The van der Waals surface area contributed by atoms with Crippen molar-refractivity contribution < 1.29 is 0 Å². The maximum atomic E-state index is 2.69. The molecule has 2 heterocycles. The number of anilines is 6. The van der Waals surface area contributed by atoms with Gasteiger partial charge in [0.25, 0.3) is 6.71 Å². The van der Waals surface area contributed by atoms with E-state index in [1.165, 1.54) is 134 Å². The zero-order valence-corrected chi connectivity index (χ0v) is 58.0. The van der Waals surface area contributed by atoms with Crippen molar-refractivity contribution in [3.8, 4) is 44.5 Å². The van der Waals surface area contributed by atoms with Gasteiger partial charge in [-0.1, -0.05) is 343 Å². The van der Waals surface area contributed by atoms with Crippen molar-refractivity contribution in [1.82, 2.24) is 0 Å². The lowest BCUT2D eigenvalue weighted by Gasteiger charge is -2.47. The van der Waals surface area contributed by atoms with Crippen LogP contribution in [0, 0.1) is 0 Å². The Hall–Kier alpha value is -10.5. The minimum Gasteiger partial charge on any atom is -0.311 e. The van der Waals surface area contributed by atoms with E-state index < -0.39 is 21.7 Å². The lowest BCUT2D eigenvalue weighted by atomic mass is 9.33. The van der Waals surface area contributed by atoms with Crippen LogP contribution in [0.3, 0.4) is 0 Å². The lowest BCUT2D eigenvalue weighted by Crippen LogP contribution is -2.61. The zero-order valence-electron chi connectivity index (χ0n) is 58.0. The summed E-state index contributed by atoms with van der Waals surface area (Å²) in [5.74, 6) is 0. The van der Waals surface area contributed by atoms with Crippen molar-refractivity contribution in [1.29, 1.82) is 0 Å². The zero-order chi connectivity index (χ0) is 67.0. The highest BCUT2D eigenvalue weighted by Crippen LogP contribution is 2.53. The Morgan fingerprint density at radius 1 is 0.227 bits per heavy atom. The van der Waals surface area contributed by atoms with Crippen molar-refractivity contribution in [3.63, 3.8) is 0 Å². The summed E-state index contributed by atoms with van der Waals surface area (Å²) in [7, 11) is 0. The van der Waals surface area contributed by atoms with Crippen LogP contribution in [0.25, 0.3) is 44.5 Å². The van der Waals surface area contributed by atoms with E-state index in [1.807, 2.05) is 0 Å². The molecule has 0 saturated heterocycles. The molecule has 0 aromatic heterocycles. The topological polar surface area (TPSA) is 6.48 Å². The third-order valence-electron chi connectivity index (χ3n) is 21.7. The third-order valence-corrected chi connectivity index (χ3v) is 21.7. The molecule has 0 spiro atoms. The second-order valence-corrected chi connectivity index (χ2v) is 30.1. The molecule has 97 heavy (non-hydrogen) atoms. The molecule has 2 aliphatic rings. The molecule has 0 N–H and O–H groups in total. The van der Waals surface area contributed by atoms with E-state index in [-0.39, 0.29) is 12.1 Å². The number of rotatable bonds is 14. The summed E-state index contributed by atoms with van der Waals surface area (Å²) in [4.78, 5) is 5.38. The number of hydrogen-bond acceptors (Lipinski definition) is 2. The summed E-state index contributed by atoms with van der Waals surface area (Å²) >= 11 is 0. The smallest absolute Gasteiger partial charge is 0.252 e. The van der Waals surface area contributed by atoms with Crippen molar-refractivity contribution in [3.05, 3.63) is 366 Å². The van der Waals surface area contributed by atoms with Gasteiger partial charge in [0.1, 0.15) is 0 Å². The number of benzene rings is 13. The fourth-order valence-electron chi connectivity index (χ4n) is 16.0. The third kappa shape index (κ3) is 10.9. The van der Waals surface area contributed by atoms with Gasteiger partial charge in [-0.2, -0.15) is 0 Å². The Morgan fingerprint density at radius 3 is 0.763 bits per heavy atom. The van der Waals surface area contributed by atoms with Gasteiger partial charge in [-0.15, -0.1) is 0 Å². The van der Waals surface area contributed by atoms with E-state index in [0.717, 1.165) is 11.4 Å². The number of fused-ring (bicyclic) bond motifs is 4. The highest BCUT2D eigenvalue weighted by atomic mass is 15.2. The number of nitrogens with zero attached hydrogens (tertiary/aromatic N) is 2. The van der Waals surface area contributed by atoms with Gasteiger partial charge in [-0.3, -0.25) is 0 Å². The maximum Gasteiger partial charge on any atom is 0.252 e. The summed E-state index contributed by atoms with van der Waals surface area (Å²) in [6, 6.07) is 119. The van der Waals surface area contributed by atoms with Crippen molar-refractivity contribution in [2.75, 3.05) is 9.80 Å². The van der Waals surface area contributed by atoms with Crippen LogP contribution in [-0.2, 0) is 27.1 Å². The van der Waals surface area contributed by atoms with E-state index in [4.69, 9.17) is 0 Å². The molecule has 0 amide bonds. The van der Waals surface area contributed by atoms with Crippen molar-refractivity contribution in [2.45, 2.75) is 103 Å². The van der Waals surface area contributed by atoms with Crippen LogP contribution >= 0.6 is 0 Å². The lowest BCUT2D eigenvalue weighted by molar-refractivity contribution is 0.590. The molecule has 0 aliphatic carbocycles. The average Bonchev–Trinajstić information content (AvgIpc) is 0.676.